The van der Waals surface area contributed by atoms with Gasteiger partial charge >= 0.3 is 39.1 Å². The van der Waals surface area contributed by atoms with Gasteiger partial charge in [0.25, 0.3) is 0 Å². The third kappa shape index (κ3) is 53.1. The average Bonchev–Trinajstić information content (AvgIpc) is 0.722. The van der Waals surface area contributed by atoms with Gasteiger partial charge in [-0.05, 0) is 0 Å². The van der Waals surface area contributed by atoms with Crippen LogP contribution in [0.1, 0.15) is 0 Å². The summed E-state index contributed by atoms with van der Waals surface area (Å²) in [6, 6.07) is 0. The van der Waals surface area contributed by atoms with Crippen molar-refractivity contribution in [3.05, 3.63) is 0 Å². The molecule has 0 spiro atoms. The van der Waals surface area contributed by atoms with Crippen molar-refractivity contribution in [2.24, 2.45) is 0 Å². The summed E-state index contributed by atoms with van der Waals surface area (Å²) in [5.41, 5.74) is 3.56. The first-order valence-electron chi connectivity index (χ1n) is 1.29. The SMILES string of the molecule is C[As](C)(O)S. The number of thiol groups is 1. The third-order valence-corrected chi connectivity index (χ3v) is 0. The molecule has 0 aromatic heterocycles. The molecule has 0 aliphatic rings. The van der Waals surface area contributed by atoms with Gasteiger partial charge in [0.1, 0.15) is 0 Å². The van der Waals surface area contributed by atoms with Crippen LogP contribution in [-0.4, -0.2) is 16.8 Å². The summed E-state index contributed by atoms with van der Waals surface area (Å²) in [5.74, 6) is 0. The molecule has 0 fully saturated rings. The van der Waals surface area contributed by atoms with Crippen LogP contribution in [0.25, 0.3) is 0 Å². The van der Waals surface area contributed by atoms with Crippen LogP contribution in [-0.2, 0) is 0 Å². The van der Waals surface area contributed by atoms with E-state index >= 15 is 0 Å². The van der Waals surface area contributed by atoms with Crippen molar-refractivity contribution in [1.29, 1.82) is 0 Å². The van der Waals surface area contributed by atoms with Gasteiger partial charge in [0, 0.05) is 0 Å². The Morgan fingerprint density at radius 1 is 1.60 bits per heavy atom. The van der Waals surface area contributed by atoms with Crippen LogP contribution in [0.5, 0.6) is 0 Å². The van der Waals surface area contributed by atoms with Crippen LogP contribution in [0.15, 0.2) is 0 Å². The van der Waals surface area contributed by atoms with Gasteiger partial charge in [0.15, 0.2) is 0 Å². The zero-order valence-corrected chi connectivity index (χ0v) is 6.11. The van der Waals surface area contributed by atoms with Gasteiger partial charge in [0.2, 0.25) is 0 Å². The van der Waals surface area contributed by atoms with Crippen molar-refractivity contribution in [2.75, 3.05) is 0 Å². The van der Waals surface area contributed by atoms with Crippen molar-refractivity contribution in [3.63, 3.8) is 0 Å². The number of hydrogen-bond donors (Lipinski definition) is 2. The third-order valence-electron chi connectivity index (χ3n) is 0. The molecule has 3 heteroatoms. The fourth-order valence-corrected chi connectivity index (χ4v) is 0. The monoisotopic (exact) mass is 155 g/mol. The Balaban J connectivity index is 3.02. The Morgan fingerprint density at radius 2 is 1.60 bits per heavy atom. The number of hydrogen-bond acceptors (Lipinski definition) is 2. The van der Waals surface area contributed by atoms with E-state index in [4.69, 9.17) is 4.10 Å². The first kappa shape index (κ1) is 5.87. The summed E-state index contributed by atoms with van der Waals surface area (Å²) in [6.07, 6.45) is 0. The molecule has 0 heterocycles. The van der Waals surface area contributed by atoms with Gasteiger partial charge < -0.3 is 0 Å². The first-order chi connectivity index (χ1) is 2.00. The maximum absolute atomic E-state index is 8.56. The molecule has 0 saturated heterocycles. The van der Waals surface area contributed by atoms with E-state index in [1.54, 1.807) is 11.4 Å². The van der Waals surface area contributed by atoms with Crippen LogP contribution < -0.4 is 0 Å². The van der Waals surface area contributed by atoms with E-state index in [2.05, 4.69) is 10.9 Å². The summed E-state index contributed by atoms with van der Waals surface area (Å²) in [7, 11) is 3.85. The molecule has 0 aliphatic carbocycles. The first-order valence-corrected chi connectivity index (χ1v) is 8.80. The second-order valence-electron chi connectivity index (χ2n) is 1.34. The van der Waals surface area contributed by atoms with Gasteiger partial charge in [-0.2, -0.15) is 0 Å². The molecule has 0 bridgehead atoms. The van der Waals surface area contributed by atoms with E-state index in [1.807, 2.05) is 0 Å². The molecular weight excluding hydrogens is 147 g/mol. The van der Waals surface area contributed by atoms with Crippen LogP contribution in [0.4, 0.5) is 0 Å². The Morgan fingerprint density at radius 3 is 1.60 bits per heavy atom. The standard InChI is InChI=1S/C2H8AsOS/c1-3(2,4)5/h4-5H,1-2H3. The van der Waals surface area contributed by atoms with Gasteiger partial charge in [0.05, 0.1) is 0 Å². The summed E-state index contributed by atoms with van der Waals surface area (Å²) < 4.78 is 8.56. The molecule has 0 saturated carbocycles. The predicted octanol–water partition coefficient (Wildman–Crippen LogP) is 0.610. The normalized spacial score (nSPS) is 12.0. The second-order valence-corrected chi connectivity index (χ2v) is 12.0. The van der Waals surface area contributed by atoms with Crippen molar-refractivity contribution in [2.45, 2.75) is 11.4 Å². The fourth-order valence-electron chi connectivity index (χ4n) is 0. The van der Waals surface area contributed by atoms with Crippen molar-refractivity contribution in [3.8, 4) is 0 Å². The van der Waals surface area contributed by atoms with Crippen LogP contribution in [0.2, 0.25) is 11.4 Å². The van der Waals surface area contributed by atoms with E-state index in [9.17, 15) is 0 Å². The van der Waals surface area contributed by atoms with Crippen molar-refractivity contribution < 1.29 is 4.10 Å². The molecule has 33 valence electrons. The molecule has 0 amide bonds. The maximum atomic E-state index is 8.56. The summed E-state index contributed by atoms with van der Waals surface area (Å²) in [5, 5.41) is 0. The average molecular weight is 155 g/mol. The fraction of sp³-hybridized carbons (Fsp3) is 1.00. The molecular formula is C2H8AsOS. The van der Waals surface area contributed by atoms with Gasteiger partial charge in [-0.15, -0.1) is 0 Å². The predicted molar refractivity (Wildman–Crippen MR) is 28.7 cm³/mol. The summed E-state index contributed by atoms with van der Waals surface area (Å²) >= 11 is -2.18. The van der Waals surface area contributed by atoms with Gasteiger partial charge in [-0.3, -0.25) is 0 Å². The van der Waals surface area contributed by atoms with E-state index in [0.717, 1.165) is 0 Å². The molecule has 0 aromatic rings. The Hall–Kier alpha value is 0.868. The molecule has 1 N–H and O–H groups in total. The molecule has 0 aromatic carbocycles. The quantitative estimate of drug-likeness (QED) is 0.388. The van der Waals surface area contributed by atoms with E-state index in [1.165, 1.54) is 0 Å². The second kappa shape index (κ2) is 1.54. The number of rotatable bonds is 0. The van der Waals surface area contributed by atoms with Crippen LogP contribution >= 0.6 is 10.9 Å². The molecule has 0 atom stereocenters. The van der Waals surface area contributed by atoms with E-state index < -0.39 is 12.7 Å². The van der Waals surface area contributed by atoms with E-state index in [0.29, 0.717) is 0 Å². The molecule has 0 rings (SSSR count). The van der Waals surface area contributed by atoms with E-state index in [-0.39, 0.29) is 0 Å². The zero-order valence-electron chi connectivity index (χ0n) is 3.34. The molecule has 0 unspecified atom stereocenters. The topological polar surface area (TPSA) is 20.2 Å². The van der Waals surface area contributed by atoms with Crippen molar-refractivity contribution in [1.82, 2.24) is 0 Å². The van der Waals surface area contributed by atoms with Gasteiger partial charge in [-0.1, -0.05) is 0 Å². The van der Waals surface area contributed by atoms with Gasteiger partial charge in [-0.25, -0.2) is 0 Å². The Bertz CT molecular complexity index is 25.1. The van der Waals surface area contributed by atoms with Crippen molar-refractivity contribution >= 4 is 23.6 Å². The summed E-state index contributed by atoms with van der Waals surface area (Å²) in [6.45, 7) is 0. The minimum absolute atomic E-state index is 1.78. The van der Waals surface area contributed by atoms with Crippen LogP contribution in [0.3, 0.4) is 0 Å². The minimum atomic E-state index is -2.18. The van der Waals surface area contributed by atoms with Crippen LogP contribution in [0, 0.1) is 0 Å². The Kier molecular flexibility index (Phi) is 1.81. The molecule has 5 heavy (non-hydrogen) atoms. The Labute approximate surface area is 39.6 Å². The summed E-state index contributed by atoms with van der Waals surface area (Å²) in [4.78, 5) is 0. The molecule has 1 radical (unpaired) electrons. The zero-order chi connectivity index (χ0) is 4.50. The molecule has 0 aliphatic heterocycles. The molecule has 1 nitrogen and oxygen atoms in total.